The van der Waals surface area contributed by atoms with Crippen LogP contribution >= 0.6 is 0 Å². The van der Waals surface area contributed by atoms with Gasteiger partial charge in [-0.15, -0.1) is 0 Å². The van der Waals surface area contributed by atoms with Crippen LogP contribution in [0.4, 0.5) is 0 Å². The van der Waals surface area contributed by atoms with Crippen molar-refractivity contribution in [3.8, 4) is 0 Å². The lowest BCUT2D eigenvalue weighted by atomic mass is 9.44. The summed E-state index contributed by atoms with van der Waals surface area (Å²) in [4.78, 5) is 24.2. The summed E-state index contributed by atoms with van der Waals surface area (Å²) >= 11 is 0. The lowest BCUT2D eigenvalue weighted by Gasteiger charge is -2.60. The molecule has 3 saturated carbocycles. The van der Waals surface area contributed by atoms with E-state index in [-0.39, 0.29) is 11.2 Å². The highest BCUT2D eigenvalue weighted by atomic mass is 16.3. The first kappa shape index (κ1) is 16.5. The molecular weight excluding hydrogens is 300 g/mol. The maximum Gasteiger partial charge on any atom is 0.155 e. The second-order valence-corrected chi connectivity index (χ2v) is 9.53. The van der Waals surface area contributed by atoms with Gasteiger partial charge >= 0.3 is 0 Å². The minimum Gasteiger partial charge on any atom is -0.390 e. The van der Waals surface area contributed by atoms with Gasteiger partial charge in [0.15, 0.2) is 5.78 Å². The Labute approximate surface area is 144 Å². The van der Waals surface area contributed by atoms with Gasteiger partial charge in [-0.1, -0.05) is 19.4 Å². The van der Waals surface area contributed by atoms with E-state index >= 15 is 0 Å². The molecule has 2 unspecified atom stereocenters. The zero-order chi connectivity index (χ0) is 17.3. The number of ketones is 1. The van der Waals surface area contributed by atoms with Gasteiger partial charge in [0.2, 0.25) is 0 Å². The van der Waals surface area contributed by atoms with Crippen molar-refractivity contribution >= 4 is 12.1 Å². The second kappa shape index (κ2) is 5.03. The van der Waals surface area contributed by atoms with Gasteiger partial charge in [-0.2, -0.15) is 0 Å². The number of allylic oxidation sites excluding steroid dienone is 1. The Morgan fingerprint density at radius 2 is 1.88 bits per heavy atom. The Bertz CT molecular complexity index is 619. The van der Waals surface area contributed by atoms with Gasteiger partial charge < -0.3 is 9.90 Å². The molecule has 0 amide bonds. The zero-order valence-electron chi connectivity index (χ0n) is 15.2. The summed E-state index contributed by atoms with van der Waals surface area (Å²) in [5, 5.41) is 11.0. The maximum atomic E-state index is 12.3. The zero-order valence-corrected chi connectivity index (χ0v) is 15.2. The summed E-state index contributed by atoms with van der Waals surface area (Å²) in [5.41, 5.74) is 0.0878. The number of rotatable bonds is 1. The number of hydrogen-bond donors (Lipinski definition) is 1. The van der Waals surface area contributed by atoms with Crippen molar-refractivity contribution in [1.82, 2.24) is 0 Å². The van der Waals surface area contributed by atoms with Crippen molar-refractivity contribution < 1.29 is 14.7 Å². The number of carbonyl (C=O) groups excluding carboxylic acids is 2. The van der Waals surface area contributed by atoms with Crippen molar-refractivity contribution in [2.75, 3.05) is 0 Å². The Kier molecular flexibility index (Phi) is 3.46. The Hall–Kier alpha value is -0.960. The van der Waals surface area contributed by atoms with Crippen LogP contribution in [0.25, 0.3) is 0 Å². The number of fused-ring (bicyclic) bond motifs is 5. The molecule has 0 heterocycles. The Morgan fingerprint density at radius 1 is 1.17 bits per heavy atom. The van der Waals surface area contributed by atoms with E-state index in [9.17, 15) is 14.7 Å². The molecule has 132 valence electrons. The molecule has 3 heteroatoms. The SMILES string of the molecule is CC1CC2=CC(=O)CC[C@]2(C=O)[C@@H]2CC[C@@]3(C)[C@@H](CCC3(C)O)[C@H]12. The first-order chi connectivity index (χ1) is 11.2. The Balaban J connectivity index is 1.78. The molecular formula is C21H30O3. The normalized spacial score (nSPS) is 53.7. The molecule has 0 aliphatic heterocycles. The Morgan fingerprint density at radius 3 is 2.58 bits per heavy atom. The number of carbonyl (C=O) groups is 2. The number of aliphatic hydroxyl groups is 1. The van der Waals surface area contributed by atoms with Crippen LogP contribution in [0.5, 0.6) is 0 Å². The van der Waals surface area contributed by atoms with Crippen molar-refractivity contribution in [2.45, 2.75) is 71.3 Å². The predicted octanol–water partition coefficient (Wildman–Crippen LogP) is 3.69. The molecule has 4 aliphatic rings. The molecule has 0 spiro atoms. The van der Waals surface area contributed by atoms with Crippen LogP contribution in [0, 0.1) is 34.5 Å². The lowest BCUT2D eigenvalue weighted by Crippen LogP contribution is -2.57. The summed E-state index contributed by atoms with van der Waals surface area (Å²) < 4.78 is 0. The van der Waals surface area contributed by atoms with Gasteiger partial charge in [-0.05, 0) is 80.6 Å². The molecule has 0 aromatic rings. The number of aldehydes is 1. The van der Waals surface area contributed by atoms with Crippen LogP contribution in [-0.2, 0) is 9.59 Å². The summed E-state index contributed by atoms with van der Waals surface area (Å²) in [7, 11) is 0. The third kappa shape index (κ3) is 1.88. The molecule has 0 radical (unpaired) electrons. The average molecular weight is 330 g/mol. The van der Waals surface area contributed by atoms with E-state index in [1.54, 1.807) is 6.08 Å². The molecule has 4 rings (SSSR count). The summed E-state index contributed by atoms with van der Waals surface area (Å²) in [6.07, 6.45) is 9.02. The monoisotopic (exact) mass is 330 g/mol. The quantitative estimate of drug-likeness (QED) is 0.746. The topological polar surface area (TPSA) is 54.4 Å². The highest BCUT2D eigenvalue weighted by molar-refractivity contribution is 5.93. The molecule has 3 nitrogen and oxygen atoms in total. The first-order valence-corrected chi connectivity index (χ1v) is 9.68. The number of hydrogen-bond acceptors (Lipinski definition) is 3. The van der Waals surface area contributed by atoms with E-state index in [1.807, 2.05) is 6.92 Å². The van der Waals surface area contributed by atoms with Gasteiger partial charge in [-0.25, -0.2) is 0 Å². The van der Waals surface area contributed by atoms with Gasteiger partial charge in [0.1, 0.15) is 6.29 Å². The van der Waals surface area contributed by atoms with E-state index in [2.05, 4.69) is 13.8 Å². The molecule has 0 bridgehead atoms. The molecule has 1 N–H and O–H groups in total. The molecule has 0 aromatic carbocycles. The smallest absolute Gasteiger partial charge is 0.155 e. The van der Waals surface area contributed by atoms with Gasteiger partial charge in [0.25, 0.3) is 0 Å². The summed E-state index contributed by atoms with van der Waals surface area (Å²) in [6, 6.07) is 0. The van der Waals surface area contributed by atoms with Gasteiger partial charge in [0, 0.05) is 6.42 Å². The highest BCUT2D eigenvalue weighted by Crippen LogP contribution is 2.68. The van der Waals surface area contributed by atoms with Crippen LogP contribution in [0.2, 0.25) is 0 Å². The van der Waals surface area contributed by atoms with Gasteiger partial charge in [0.05, 0.1) is 11.0 Å². The second-order valence-electron chi connectivity index (χ2n) is 9.53. The highest BCUT2D eigenvalue weighted by Gasteiger charge is 2.64. The van der Waals surface area contributed by atoms with Crippen molar-refractivity contribution in [3.63, 3.8) is 0 Å². The minimum atomic E-state index is -0.588. The predicted molar refractivity (Wildman–Crippen MR) is 92.3 cm³/mol. The van der Waals surface area contributed by atoms with Crippen LogP contribution < -0.4 is 0 Å². The van der Waals surface area contributed by atoms with E-state index in [0.717, 1.165) is 37.7 Å². The van der Waals surface area contributed by atoms with E-state index in [1.165, 1.54) is 6.29 Å². The standard InChI is InChI=1S/C21H30O3/c1-13-10-14-11-15(23)4-9-21(14,12-22)17-5-7-19(2)16(18(13)17)6-8-20(19,3)24/h11-13,16-18,24H,4-10H2,1-3H3/t13?,16-,17+,18-,19-,20?,21+/m0/s1. The van der Waals surface area contributed by atoms with Crippen molar-refractivity contribution in [1.29, 1.82) is 0 Å². The molecule has 7 atom stereocenters. The van der Waals surface area contributed by atoms with Crippen LogP contribution in [0.1, 0.15) is 65.7 Å². The molecule has 24 heavy (non-hydrogen) atoms. The van der Waals surface area contributed by atoms with Crippen LogP contribution in [0.3, 0.4) is 0 Å². The van der Waals surface area contributed by atoms with E-state index in [4.69, 9.17) is 0 Å². The average Bonchev–Trinajstić information content (AvgIpc) is 2.77. The van der Waals surface area contributed by atoms with Crippen LogP contribution in [0.15, 0.2) is 11.6 Å². The fourth-order valence-corrected chi connectivity index (χ4v) is 7.10. The molecule has 3 fully saturated rings. The van der Waals surface area contributed by atoms with E-state index < -0.39 is 11.0 Å². The van der Waals surface area contributed by atoms with Crippen molar-refractivity contribution in [3.05, 3.63) is 11.6 Å². The van der Waals surface area contributed by atoms with Gasteiger partial charge in [-0.3, -0.25) is 4.79 Å². The third-order valence-electron chi connectivity index (χ3n) is 8.68. The van der Waals surface area contributed by atoms with Crippen molar-refractivity contribution in [2.24, 2.45) is 34.5 Å². The molecule has 0 saturated heterocycles. The fraction of sp³-hybridized carbons (Fsp3) is 0.810. The third-order valence-corrected chi connectivity index (χ3v) is 8.68. The minimum absolute atomic E-state index is 0.0296. The molecule has 4 aliphatic carbocycles. The van der Waals surface area contributed by atoms with Crippen LogP contribution in [-0.4, -0.2) is 22.8 Å². The molecule has 0 aromatic heterocycles. The fourth-order valence-electron chi connectivity index (χ4n) is 7.10. The summed E-state index contributed by atoms with van der Waals surface area (Å²) in [6.45, 7) is 6.59. The summed E-state index contributed by atoms with van der Waals surface area (Å²) in [5.74, 6) is 2.02. The first-order valence-electron chi connectivity index (χ1n) is 9.68. The maximum absolute atomic E-state index is 12.3. The largest absolute Gasteiger partial charge is 0.390 e. The lowest BCUT2D eigenvalue weighted by molar-refractivity contribution is -0.144. The van der Waals surface area contributed by atoms with E-state index in [0.29, 0.717) is 36.5 Å².